The third-order valence-electron chi connectivity index (χ3n) is 2.58. The van der Waals surface area contributed by atoms with Crippen molar-refractivity contribution in [2.75, 3.05) is 6.54 Å². The van der Waals surface area contributed by atoms with Crippen molar-refractivity contribution < 1.29 is 4.39 Å². The zero-order valence-corrected chi connectivity index (χ0v) is 10.7. The van der Waals surface area contributed by atoms with Gasteiger partial charge in [0.1, 0.15) is 5.82 Å². The van der Waals surface area contributed by atoms with Crippen molar-refractivity contribution in [2.24, 2.45) is 0 Å². The van der Waals surface area contributed by atoms with E-state index in [0.717, 1.165) is 0 Å². The molecule has 1 aromatic carbocycles. The standard InChI is InChI=1S/C13H13ClFN3/c1-2-17-13(11-8-16-6-7-18-11)9-4-3-5-10(14)12(9)15/h3-8,13,17H,2H2,1H3. The van der Waals surface area contributed by atoms with Crippen LogP contribution < -0.4 is 5.32 Å². The molecule has 1 unspecified atom stereocenters. The van der Waals surface area contributed by atoms with Gasteiger partial charge in [0.15, 0.2) is 0 Å². The highest BCUT2D eigenvalue weighted by Crippen LogP contribution is 2.26. The largest absolute Gasteiger partial charge is 0.305 e. The van der Waals surface area contributed by atoms with E-state index in [1.54, 1.807) is 30.7 Å². The van der Waals surface area contributed by atoms with Crippen molar-refractivity contribution in [1.29, 1.82) is 0 Å². The van der Waals surface area contributed by atoms with Gasteiger partial charge in [0, 0.05) is 18.0 Å². The lowest BCUT2D eigenvalue weighted by Gasteiger charge is -2.18. The van der Waals surface area contributed by atoms with Crippen molar-refractivity contribution in [2.45, 2.75) is 13.0 Å². The minimum atomic E-state index is -0.421. The van der Waals surface area contributed by atoms with E-state index in [4.69, 9.17) is 11.6 Å². The molecular formula is C13H13ClFN3. The van der Waals surface area contributed by atoms with Gasteiger partial charge in [-0.25, -0.2) is 4.39 Å². The fraction of sp³-hybridized carbons (Fsp3) is 0.231. The number of hydrogen-bond donors (Lipinski definition) is 1. The molecule has 0 aliphatic heterocycles. The average Bonchev–Trinajstić information content (AvgIpc) is 2.41. The highest BCUT2D eigenvalue weighted by molar-refractivity contribution is 6.30. The summed E-state index contributed by atoms with van der Waals surface area (Å²) in [6.07, 6.45) is 4.79. The smallest absolute Gasteiger partial charge is 0.146 e. The summed E-state index contributed by atoms with van der Waals surface area (Å²) in [7, 11) is 0. The molecule has 5 heteroatoms. The number of nitrogens with zero attached hydrogens (tertiary/aromatic N) is 2. The Labute approximate surface area is 110 Å². The van der Waals surface area contributed by atoms with Gasteiger partial charge in [-0.05, 0) is 12.6 Å². The Balaban J connectivity index is 2.45. The van der Waals surface area contributed by atoms with E-state index in [1.165, 1.54) is 6.07 Å². The average molecular weight is 266 g/mol. The minimum Gasteiger partial charge on any atom is -0.305 e. The number of rotatable bonds is 4. The van der Waals surface area contributed by atoms with Crippen LogP contribution in [-0.4, -0.2) is 16.5 Å². The van der Waals surface area contributed by atoms with Crippen LogP contribution in [0.2, 0.25) is 5.02 Å². The number of aromatic nitrogens is 2. The monoisotopic (exact) mass is 265 g/mol. The van der Waals surface area contributed by atoms with Gasteiger partial charge in [0.2, 0.25) is 0 Å². The normalized spacial score (nSPS) is 12.4. The highest BCUT2D eigenvalue weighted by Gasteiger charge is 2.19. The molecule has 0 spiro atoms. The van der Waals surface area contributed by atoms with Crippen LogP contribution in [0.5, 0.6) is 0 Å². The predicted octanol–water partition coefficient (Wildman–Crippen LogP) is 2.97. The quantitative estimate of drug-likeness (QED) is 0.924. The van der Waals surface area contributed by atoms with Gasteiger partial charge in [-0.3, -0.25) is 9.97 Å². The van der Waals surface area contributed by atoms with Crippen LogP contribution >= 0.6 is 11.6 Å². The number of halogens is 2. The van der Waals surface area contributed by atoms with Crippen LogP contribution in [0.25, 0.3) is 0 Å². The van der Waals surface area contributed by atoms with Gasteiger partial charge >= 0.3 is 0 Å². The summed E-state index contributed by atoms with van der Waals surface area (Å²) in [5.74, 6) is -0.421. The molecule has 0 radical (unpaired) electrons. The maximum atomic E-state index is 14.0. The summed E-state index contributed by atoms with van der Waals surface area (Å²) < 4.78 is 14.0. The van der Waals surface area contributed by atoms with E-state index in [0.29, 0.717) is 17.8 Å². The fourth-order valence-electron chi connectivity index (χ4n) is 1.78. The van der Waals surface area contributed by atoms with Gasteiger partial charge < -0.3 is 5.32 Å². The van der Waals surface area contributed by atoms with Gasteiger partial charge in [-0.15, -0.1) is 0 Å². The van der Waals surface area contributed by atoms with Crippen molar-refractivity contribution in [3.05, 3.63) is 58.9 Å². The minimum absolute atomic E-state index is 0.110. The van der Waals surface area contributed by atoms with Crippen molar-refractivity contribution >= 4 is 11.6 Å². The second kappa shape index (κ2) is 5.89. The summed E-state index contributed by atoms with van der Waals surface area (Å²) in [5.41, 5.74) is 1.14. The Morgan fingerprint density at radius 3 is 2.89 bits per heavy atom. The first kappa shape index (κ1) is 12.9. The molecule has 1 atom stereocenters. The molecule has 0 aliphatic rings. The lowest BCUT2D eigenvalue weighted by molar-refractivity contribution is 0.551. The molecule has 0 bridgehead atoms. The van der Waals surface area contributed by atoms with Crippen LogP contribution in [0.3, 0.4) is 0 Å². The van der Waals surface area contributed by atoms with Crippen LogP contribution in [-0.2, 0) is 0 Å². The molecule has 2 aromatic rings. The zero-order chi connectivity index (χ0) is 13.0. The molecule has 2 rings (SSSR count). The Morgan fingerprint density at radius 1 is 1.39 bits per heavy atom. The second-order valence-corrected chi connectivity index (χ2v) is 4.17. The van der Waals surface area contributed by atoms with E-state index in [9.17, 15) is 4.39 Å². The first-order chi connectivity index (χ1) is 8.74. The predicted molar refractivity (Wildman–Crippen MR) is 69.0 cm³/mol. The first-order valence-corrected chi connectivity index (χ1v) is 6.05. The number of hydrogen-bond acceptors (Lipinski definition) is 3. The van der Waals surface area contributed by atoms with Gasteiger partial charge in [0.05, 0.1) is 23.0 Å². The Morgan fingerprint density at radius 2 is 2.22 bits per heavy atom. The molecule has 0 saturated heterocycles. The first-order valence-electron chi connectivity index (χ1n) is 5.67. The maximum Gasteiger partial charge on any atom is 0.146 e. The van der Waals surface area contributed by atoms with Crippen LogP contribution in [0, 0.1) is 5.82 Å². The molecule has 3 nitrogen and oxygen atoms in total. The molecule has 0 amide bonds. The van der Waals surface area contributed by atoms with Gasteiger partial charge in [0.25, 0.3) is 0 Å². The molecule has 18 heavy (non-hydrogen) atoms. The van der Waals surface area contributed by atoms with Crippen molar-refractivity contribution in [3.8, 4) is 0 Å². The third kappa shape index (κ3) is 2.66. The fourth-order valence-corrected chi connectivity index (χ4v) is 1.96. The van der Waals surface area contributed by atoms with Crippen molar-refractivity contribution in [1.82, 2.24) is 15.3 Å². The molecule has 1 N–H and O–H groups in total. The summed E-state index contributed by atoms with van der Waals surface area (Å²) in [5, 5.41) is 3.29. The SMILES string of the molecule is CCNC(c1cnccn1)c1cccc(Cl)c1F. The Bertz CT molecular complexity index is 519. The Hall–Kier alpha value is -1.52. The van der Waals surface area contributed by atoms with Gasteiger partial charge in [-0.1, -0.05) is 30.7 Å². The van der Waals surface area contributed by atoms with E-state index in [2.05, 4.69) is 15.3 Å². The van der Waals surface area contributed by atoms with Crippen molar-refractivity contribution in [3.63, 3.8) is 0 Å². The summed E-state index contributed by atoms with van der Waals surface area (Å²) in [4.78, 5) is 8.22. The molecule has 0 fully saturated rings. The second-order valence-electron chi connectivity index (χ2n) is 3.76. The van der Waals surface area contributed by atoms with Crippen LogP contribution in [0.1, 0.15) is 24.2 Å². The zero-order valence-electron chi connectivity index (χ0n) is 9.90. The van der Waals surface area contributed by atoms with E-state index in [-0.39, 0.29) is 11.1 Å². The van der Waals surface area contributed by atoms with Crippen LogP contribution in [0.4, 0.5) is 4.39 Å². The topological polar surface area (TPSA) is 37.8 Å². The summed E-state index contributed by atoms with van der Waals surface area (Å²) in [6.45, 7) is 2.64. The van der Waals surface area contributed by atoms with E-state index < -0.39 is 5.82 Å². The third-order valence-corrected chi connectivity index (χ3v) is 2.87. The number of nitrogens with one attached hydrogen (secondary N) is 1. The van der Waals surface area contributed by atoms with Gasteiger partial charge in [-0.2, -0.15) is 0 Å². The van der Waals surface area contributed by atoms with Crippen LogP contribution in [0.15, 0.2) is 36.8 Å². The molecule has 0 saturated carbocycles. The molecule has 94 valence electrons. The highest BCUT2D eigenvalue weighted by atomic mass is 35.5. The molecular weight excluding hydrogens is 253 g/mol. The molecule has 1 heterocycles. The summed E-state index contributed by atoms with van der Waals surface area (Å²) in [6, 6.07) is 4.60. The number of benzene rings is 1. The van der Waals surface area contributed by atoms with E-state index >= 15 is 0 Å². The maximum absolute atomic E-state index is 14.0. The van der Waals surface area contributed by atoms with E-state index in [1.807, 2.05) is 6.92 Å². The Kier molecular flexibility index (Phi) is 4.23. The molecule has 1 aromatic heterocycles. The lowest BCUT2D eigenvalue weighted by Crippen LogP contribution is -2.24. The summed E-state index contributed by atoms with van der Waals surface area (Å²) >= 11 is 5.81. The molecule has 0 aliphatic carbocycles. The lowest BCUT2D eigenvalue weighted by atomic mass is 10.0.